The van der Waals surface area contributed by atoms with Crippen molar-refractivity contribution < 1.29 is 14.3 Å². The van der Waals surface area contributed by atoms with E-state index in [1.807, 2.05) is 17.5 Å². The molecule has 5 heteroatoms. The van der Waals surface area contributed by atoms with E-state index in [-0.39, 0.29) is 11.7 Å². The summed E-state index contributed by atoms with van der Waals surface area (Å²) in [6.45, 7) is 2.60. The van der Waals surface area contributed by atoms with Crippen LogP contribution < -0.4 is 10.1 Å². The number of carbonyl (C=O) groups excluding carboxylic acids is 2. The Kier molecular flexibility index (Phi) is 6.15. The van der Waals surface area contributed by atoms with E-state index in [4.69, 9.17) is 4.74 Å². The van der Waals surface area contributed by atoms with Crippen molar-refractivity contribution >= 4 is 23.0 Å². The summed E-state index contributed by atoms with van der Waals surface area (Å²) >= 11 is 1.63. The number of hydrogen-bond donors (Lipinski definition) is 1. The van der Waals surface area contributed by atoms with Crippen molar-refractivity contribution in [2.24, 2.45) is 0 Å². The van der Waals surface area contributed by atoms with Crippen LogP contribution in [0.5, 0.6) is 5.75 Å². The molecule has 1 amide bonds. The maximum absolute atomic E-state index is 11.7. The van der Waals surface area contributed by atoms with Gasteiger partial charge in [-0.1, -0.05) is 6.07 Å². The lowest BCUT2D eigenvalue weighted by Crippen LogP contribution is -2.22. The van der Waals surface area contributed by atoms with Crippen LogP contribution in [0.1, 0.15) is 35.0 Å². The van der Waals surface area contributed by atoms with Crippen molar-refractivity contribution in [3.63, 3.8) is 0 Å². The number of carbonyl (C=O) groups is 2. The van der Waals surface area contributed by atoms with Gasteiger partial charge in [0.2, 0.25) is 5.91 Å². The molecular weight excluding hydrogens is 298 g/mol. The molecule has 116 valence electrons. The van der Waals surface area contributed by atoms with Crippen LogP contribution in [-0.2, 0) is 11.3 Å². The number of benzene rings is 1. The van der Waals surface area contributed by atoms with Gasteiger partial charge in [-0.2, -0.15) is 0 Å². The Labute approximate surface area is 134 Å². The standard InChI is InChI=1S/C17H19NO3S/c1-13(19)14-6-8-15(9-7-14)21-10-2-5-17(20)18-12-16-4-3-11-22-16/h3-4,6-9,11H,2,5,10,12H2,1H3,(H,18,20). The molecule has 1 aromatic carbocycles. The van der Waals surface area contributed by atoms with Crippen molar-refractivity contribution in [3.05, 3.63) is 52.2 Å². The summed E-state index contributed by atoms with van der Waals surface area (Å²) in [5.41, 5.74) is 0.667. The number of thiophene rings is 1. The zero-order valence-corrected chi connectivity index (χ0v) is 13.3. The summed E-state index contributed by atoms with van der Waals surface area (Å²) < 4.78 is 5.55. The monoisotopic (exact) mass is 317 g/mol. The number of ketones is 1. The van der Waals surface area contributed by atoms with Gasteiger partial charge >= 0.3 is 0 Å². The molecule has 0 bridgehead atoms. The van der Waals surface area contributed by atoms with E-state index in [0.29, 0.717) is 37.3 Å². The fourth-order valence-electron chi connectivity index (χ4n) is 1.90. The lowest BCUT2D eigenvalue weighted by Gasteiger charge is -2.07. The highest BCUT2D eigenvalue weighted by molar-refractivity contribution is 7.09. The molecule has 22 heavy (non-hydrogen) atoms. The second-order valence-electron chi connectivity index (χ2n) is 4.89. The van der Waals surface area contributed by atoms with Gasteiger partial charge in [0.25, 0.3) is 0 Å². The van der Waals surface area contributed by atoms with Crippen molar-refractivity contribution in [2.75, 3.05) is 6.61 Å². The van der Waals surface area contributed by atoms with Crippen LogP contribution in [0.4, 0.5) is 0 Å². The second kappa shape index (κ2) is 8.34. The second-order valence-corrected chi connectivity index (χ2v) is 5.92. The van der Waals surface area contributed by atoms with Crippen LogP contribution in [0.3, 0.4) is 0 Å². The van der Waals surface area contributed by atoms with Gasteiger partial charge in [-0.05, 0) is 49.1 Å². The van der Waals surface area contributed by atoms with E-state index in [1.165, 1.54) is 6.92 Å². The minimum Gasteiger partial charge on any atom is -0.494 e. The minimum atomic E-state index is 0.0314. The first-order valence-electron chi connectivity index (χ1n) is 7.18. The average Bonchev–Trinajstić information content (AvgIpc) is 3.03. The topological polar surface area (TPSA) is 55.4 Å². The molecule has 0 spiro atoms. The van der Waals surface area contributed by atoms with Gasteiger partial charge in [0.1, 0.15) is 5.75 Å². The molecule has 0 fully saturated rings. The number of amides is 1. The Morgan fingerprint density at radius 1 is 1.18 bits per heavy atom. The van der Waals surface area contributed by atoms with Gasteiger partial charge in [0.05, 0.1) is 13.2 Å². The lowest BCUT2D eigenvalue weighted by atomic mass is 10.1. The van der Waals surface area contributed by atoms with E-state index in [1.54, 1.807) is 35.6 Å². The molecule has 2 rings (SSSR count). The smallest absolute Gasteiger partial charge is 0.220 e. The minimum absolute atomic E-state index is 0.0314. The summed E-state index contributed by atoms with van der Waals surface area (Å²) in [6, 6.07) is 11.0. The lowest BCUT2D eigenvalue weighted by molar-refractivity contribution is -0.121. The third-order valence-electron chi connectivity index (χ3n) is 3.12. The van der Waals surface area contributed by atoms with E-state index >= 15 is 0 Å². The highest BCUT2D eigenvalue weighted by Gasteiger charge is 2.03. The van der Waals surface area contributed by atoms with E-state index in [9.17, 15) is 9.59 Å². The maximum Gasteiger partial charge on any atom is 0.220 e. The largest absolute Gasteiger partial charge is 0.494 e. The van der Waals surface area contributed by atoms with Crippen LogP contribution in [0.15, 0.2) is 41.8 Å². The predicted molar refractivity (Wildman–Crippen MR) is 87.3 cm³/mol. The summed E-state index contributed by atoms with van der Waals surface area (Å²) in [5.74, 6) is 0.780. The molecule has 0 radical (unpaired) electrons. The Hall–Kier alpha value is -2.14. The summed E-state index contributed by atoms with van der Waals surface area (Å²) in [5, 5.41) is 4.87. The molecule has 0 unspecified atom stereocenters. The Balaban J connectivity index is 1.62. The van der Waals surface area contributed by atoms with Crippen LogP contribution >= 0.6 is 11.3 Å². The number of rotatable bonds is 8. The molecule has 1 aromatic heterocycles. The molecule has 0 saturated carbocycles. The third kappa shape index (κ3) is 5.33. The average molecular weight is 317 g/mol. The van der Waals surface area contributed by atoms with Gasteiger partial charge in [-0.15, -0.1) is 11.3 Å². The van der Waals surface area contributed by atoms with Crippen molar-refractivity contribution in [1.82, 2.24) is 5.32 Å². The summed E-state index contributed by atoms with van der Waals surface area (Å²) in [4.78, 5) is 24.0. The predicted octanol–water partition coefficient (Wildman–Crippen LogP) is 3.43. The van der Waals surface area contributed by atoms with E-state index in [0.717, 1.165) is 4.88 Å². The first-order valence-corrected chi connectivity index (χ1v) is 8.06. The van der Waals surface area contributed by atoms with E-state index < -0.39 is 0 Å². The summed E-state index contributed by atoms with van der Waals surface area (Å²) in [6.07, 6.45) is 1.10. The van der Waals surface area contributed by atoms with Crippen molar-refractivity contribution in [3.8, 4) is 5.75 Å². The molecule has 4 nitrogen and oxygen atoms in total. The van der Waals surface area contributed by atoms with Gasteiger partial charge < -0.3 is 10.1 Å². The van der Waals surface area contributed by atoms with Crippen LogP contribution in [0.25, 0.3) is 0 Å². The molecule has 0 saturated heterocycles. The fraction of sp³-hybridized carbons (Fsp3) is 0.294. The highest BCUT2D eigenvalue weighted by Crippen LogP contribution is 2.13. The fourth-order valence-corrected chi connectivity index (χ4v) is 2.54. The van der Waals surface area contributed by atoms with Gasteiger partial charge in [0.15, 0.2) is 5.78 Å². The number of ether oxygens (including phenoxy) is 1. The SMILES string of the molecule is CC(=O)c1ccc(OCCCC(=O)NCc2cccs2)cc1. The number of hydrogen-bond acceptors (Lipinski definition) is 4. The first kappa shape index (κ1) is 16.2. The molecule has 0 aliphatic rings. The van der Waals surface area contributed by atoms with Gasteiger partial charge in [-0.25, -0.2) is 0 Å². The molecule has 0 aliphatic carbocycles. The van der Waals surface area contributed by atoms with Crippen LogP contribution in [0.2, 0.25) is 0 Å². The number of Topliss-reactive ketones (excluding diaryl/α,β-unsaturated/α-hetero) is 1. The molecular formula is C17H19NO3S. The molecule has 0 atom stereocenters. The summed E-state index contributed by atoms with van der Waals surface area (Å²) in [7, 11) is 0. The molecule has 2 aromatic rings. The van der Waals surface area contributed by atoms with Crippen LogP contribution in [0, 0.1) is 0 Å². The Bertz CT molecular complexity index is 605. The Morgan fingerprint density at radius 3 is 2.59 bits per heavy atom. The quantitative estimate of drug-likeness (QED) is 0.599. The normalized spacial score (nSPS) is 10.2. The van der Waals surface area contributed by atoms with Gasteiger partial charge in [-0.3, -0.25) is 9.59 Å². The molecule has 1 heterocycles. The third-order valence-corrected chi connectivity index (χ3v) is 3.99. The first-order chi connectivity index (χ1) is 10.6. The highest BCUT2D eigenvalue weighted by atomic mass is 32.1. The van der Waals surface area contributed by atoms with Crippen LogP contribution in [-0.4, -0.2) is 18.3 Å². The Morgan fingerprint density at radius 2 is 1.95 bits per heavy atom. The van der Waals surface area contributed by atoms with Crippen molar-refractivity contribution in [1.29, 1.82) is 0 Å². The maximum atomic E-state index is 11.7. The number of nitrogens with one attached hydrogen (secondary N) is 1. The molecule has 1 N–H and O–H groups in total. The zero-order chi connectivity index (χ0) is 15.8. The zero-order valence-electron chi connectivity index (χ0n) is 12.5. The van der Waals surface area contributed by atoms with E-state index in [2.05, 4.69) is 5.32 Å². The van der Waals surface area contributed by atoms with Gasteiger partial charge in [0, 0.05) is 16.9 Å². The molecule has 0 aliphatic heterocycles. The van der Waals surface area contributed by atoms with Crippen molar-refractivity contribution in [2.45, 2.75) is 26.3 Å².